The Balaban J connectivity index is 2.49. The van der Waals surface area contributed by atoms with Crippen LogP contribution in [0, 0.1) is 0 Å². The molecule has 0 atom stereocenters. The molecule has 0 aliphatic heterocycles. The predicted molar refractivity (Wildman–Crippen MR) is 55.9 cm³/mol. The monoisotopic (exact) mass is 221 g/mol. The Hall–Kier alpha value is -2.18. The Bertz CT molecular complexity index is 531. The lowest BCUT2D eigenvalue weighted by Gasteiger charge is -2.02. The van der Waals surface area contributed by atoms with E-state index in [9.17, 15) is 9.90 Å². The van der Waals surface area contributed by atoms with Gasteiger partial charge < -0.3 is 10.1 Å². The summed E-state index contributed by atoms with van der Waals surface area (Å²) < 4.78 is 0. The minimum absolute atomic E-state index is 0.205. The third-order valence-corrected chi connectivity index (χ3v) is 2.15. The molecular weight excluding hydrogens is 210 g/mol. The summed E-state index contributed by atoms with van der Waals surface area (Å²) in [6.07, 6.45) is 2.67. The normalized spacial score (nSPS) is 10.6. The Labute approximate surface area is 90.6 Å². The van der Waals surface area contributed by atoms with Crippen LogP contribution in [0.3, 0.4) is 0 Å². The average molecular weight is 221 g/mol. The molecule has 2 heterocycles. The molecule has 3 N–H and O–H groups in total. The molecule has 7 nitrogen and oxygen atoms in total. The van der Waals surface area contributed by atoms with Crippen molar-refractivity contribution >= 4 is 0 Å². The molecule has 2 aromatic heterocycles. The van der Waals surface area contributed by atoms with Crippen molar-refractivity contribution < 1.29 is 5.11 Å². The fourth-order valence-electron chi connectivity index (χ4n) is 1.40. The lowest BCUT2D eigenvalue weighted by Crippen LogP contribution is -2.15. The van der Waals surface area contributed by atoms with E-state index in [0.29, 0.717) is 17.7 Å². The standard InChI is InChI=1S/C9H11N5O2/c1-2-3-5-8(15)11-7(12-9(5)16)6-4-10-14-13-6/h4H,2-3H2,1H3,(H,10,13,14)(H2,11,12,15,16). The molecule has 0 radical (unpaired) electrons. The van der Waals surface area contributed by atoms with Gasteiger partial charge in [0.05, 0.1) is 11.8 Å². The molecule has 0 aliphatic rings. The summed E-state index contributed by atoms with van der Waals surface area (Å²) in [4.78, 5) is 18.1. The van der Waals surface area contributed by atoms with Crippen LogP contribution in [0.2, 0.25) is 0 Å². The molecule has 2 rings (SSSR count). The van der Waals surface area contributed by atoms with E-state index < -0.39 is 0 Å². The van der Waals surface area contributed by atoms with Crippen molar-refractivity contribution in [3.8, 4) is 17.4 Å². The van der Waals surface area contributed by atoms with Gasteiger partial charge in [-0.2, -0.15) is 20.4 Å². The van der Waals surface area contributed by atoms with Gasteiger partial charge >= 0.3 is 0 Å². The van der Waals surface area contributed by atoms with Crippen LogP contribution in [0.15, 0.2) is 11.0 Å². The first-order chi connectivity index (χ1) is 7.72. The van der Waals surface area contributed by atoms with Gasteiger partial charge in [0.2, 0.25) is 5.88 Å². The predicted octanol–water partition coefficient (Wildman–Crippen LogP) is 0.213. The highest BCUT2D eigenvalue weighted by Crippen LogP contribution is 2.15. The first-order valence-corrected chi connectivity index (χ1v) is 4.90. The maximum atomic E-state index is 11.6. The van der Waals surface area contributed by atoms with Gasteiger partial charge in [0.25, 0.3) is 5.56 Å². The van der Waals surface area contributed by atoms with E-state index in [4.69, 9.17) is 0 Å². The third-order valence-electron chi connectivity index (χ3n) is 2.15. The van der Waals surface area contributed by atoms with E-state index in [0.717, 1.165) is 6.42 Å². The van der Waals surface area contributed by atoms with Crippen molar-refractivity contribution in [2.45, 2.75) is 19.8 Å². The molecule has 0 unspecified atom stereocenters. The first kappa shape index (κ1) is 10.3. The summed E-state index contributed by atoms with van der Waals surface area (Å²) in [5.41, 5.74) is 0.345. The van der Waals surface area contributed by atoms with Crippen molar-refractivity contribution in [1.82, 2.24) is 25.4 Å². The van der Waals surface area contributed by atoms with Gasteiger partial charge in [0, 0.05) is 0 Å². The van der Waals surface area contributed by atoms with Gasteiger partial charge in [0.1, 0.15) is 5.69 Å². The van der Waals surface area contributed by atoms with Crippen molar-refractivity contribution in [2.24, 2.45) is 0 Å². The van der Waals surface area contributed by atoms with E-state index in [1.54, 1.807) is 0 Å². The van der Waals surface area contributed by atoms with E-state index in [2.05, 4.69) is 25.4 Å². The molecule has 0 aliphatic carbocycles. The second-order valence-corrected chi connectivity index (χ2v) is 3.32. The summed E-state index contributed by atoms with van der Waals surface area (Å²) >= 11 is 0. The maximum Gasteiger partial charge on any atom is 0.258 e. The summed E-state index contributed by atoms with van der Waals surface area (Å²) in [5, 5.41) is 19.4. The van der Waals surface area contributed by atoms with Crippen LogP contribution in [0.4, 0.5) is 0 Å². The maximum absolute atomic E-state index is 11.6. The molecule has 0 saturated heterocycles. The molecule has 0 bridgehead atoms. The number of aromatic hydroxyl groups is 1. The van der Waals surface area contributed by atoms with Crippen LogP contribution in [0.5, 0.6) is 5.88 Å². The van der Waals surface area contributed by atoms with Gasteiger partial charge in [0.15, 0.2) is 5.82 Å². The highest BCUT2D eigenvalue weighted by atomic mass is 16.3. The number of aromatic amines is 2. The SMILES string of the molecule is CCCc1c(O)nc(-c2cn[nH]n2)[nH]c1=O. The van der Waals surface area contributed by atoms with Gasteiger partial charge in [-0.25, -0.2) is 0 Å². The highest BCUT2D eigenvalue weighted by Gasteiger charge is 2.12. The number of hydrogen-bond acceptors (Lipinski definition) is 5. The number of H-pyrrole nitrogens is 2. The van der Waals surface area contributed by atoms with Crippen LogP contribution in [-0.4, -0.2) is 30.5 Å². The second-order valence-electron chi connectivity index (χ2n) is 3.32. The van der Waals surface area contributed by atoms with E-state index in [1.807, 2.05) is 6.92 Å². The average Bonchev–Trinajstić information content (AvgIpc) is 2.76. The molecule has 0 fully saturated rings. The zero-order chi connectivity index (χ0) is 11.5. The minimum atomic E-state index is -0.340. The Morgan fingerprint density at radius 2 is 2.31 bits per heavy atom. The van der Waals surface area contributed by atoms with Crippen molar-refractivity contribution in [3.05, 3.63) is 22.1 Å². The zero-order valence-electron chi connectivity index (χ0n) is 8.69. The van der Waals surface area contributed by atoms with Crippen molar-refractivity contribution in [3.63, 3.8) is 0 Å². The van der Waals surface area contributed by atoms with Crippen LogP contribution in [0.1, 0.15) is 18.9 Å². The van der Waals surface area contributed by atoms with Gasteiger partial charge in [-0.05, 0) is 6.42 Å². The topological polar surface area (TPSA) is 108 Å². The van der Waals surface area contributed by atoms with Crippen LogP contribution < -0.4 is 5.56 Å². The number of rotatable bonds is 3. The van der Waals surface area contributed by atoms with Crippen molar-refractivity contribution in [1.29, 1.82) is 0 Å². The highest BCUT2D eigenvalue weighted by molar-refractivity contribution is 5.47. The Kier molecular flexibility index (Phi) is 2.67. The van der Waals surface area contributed by atoms with E-state index in [1.165, 1.54) is 6.20 Å². The second kappa shape index (κ2) is 4.13. The number of aromatic nitrogens is 5. The molecule has 2 aromatic rings. The largest absolute Gasteiger partial charge is 0.493 e. The zero-order valence-corrected chi connectivity index (χ0v) is 8.69. The molecule has 0 spiro atoms. The summed E-state index contributed by atoms with van der Waals surface area (Å²) in [6.45, 7) is 1.92. The summed E-state index contributed by atoms with van der Waals surface area (Å²) in [7, 11) is 0. The number of nitrogens with one attached hydrogen (secondary N) is 2. The molecular formula is C9H11N5O2. The van der Waals surface area contributed by atoms with Crippen LogP contribution in [-0.2, 0) is 6.42 Å². The molecule has 0 saturated carbocycles. The first-order valence-electron chi connectivity index (χ1n) is 4.90. The van der Waals surface area contributed by atoms with E-state index >= 15 is 0 Å². The van der Waals surface area contributed by atoms with Gasteiger partial charge in [-0.1, -0.05) is 13.3 Å². The lowest BCUT2D eigenvalue weighted by atomic mass is 10.2. The van der Waals surface area contributed by atoms with Crippen LogP contribution >= 0.6 is 0 Å². The lowest BCUT2D eigenvalue weighted by molar-refractivity contribution is 0.443. The summed E-state index contributed by atoms with van der Waals surface area (Å²) in [5.74, 6) is -0.0419. The smallest absolute Gasteiger partial charge is 0.258 e. The van der Waals surface area contributed by atoms with E-state index in [-0.39, 0.29) is 17.3 Å². The molecule has 84 valence electrons. The summed E-state index contributed by atoms with van der Waals surface area (Å²) in [6, 6.07) is 0. The third kappa shape index (κ3) is 1.79. The molecule has 7 heteroatoms. The minimum Gasteiger partial charge on any atom is -0.493 e. The van der Waals surface area contributed by atoms with Gasteiger partial charge in [-0.15, -0.1) is 0 Å². The Morgan fingerprint density at radius 3 is 2.88 bits per heavy atom. The van der Waals surface area contributed by atoms with Crippen LogP contribution in [0.25, 0.3) is 11.5 Å². The molecule has 0 amide bonds. The number of nitrogens with zero attached hydrogens (tertiary/aromatic N) is 3. The fourth-order valence-corrected chi connectivity index (χ4v) is 1.40. The Morgan fingerprint density at radius 1 is 1.50 bits per heavy atom. The number of hydrogen-bond donors (Lipinski definition) is 3. The quantitative estimate of drug-likeness (QED) is 0.686. The van der Waals surface area contributed by atoms with Gasteiger partial charge in [-0.3, -0.25) is 4.79 Å². The fraction of sp³-hybridized carbons (Fsp3) is 0.333. The molecule has 16 heavy (non-hydrogen) atoms. The molecule has 0 aromatic carbocycles. The van der Waals surface area contributed by atoms with Crippen molar-refractivity contribution in [2.75, 3.05) is 0 Å².